The van der Waals surface area contributed by atoms with Crippen LogP contribution in [0.3, 0.4) is 0 Å². The molecule has 4 nitrogen and oxygen atoms in total. The van der Waals surface area contributed by atoms with Crippen molar-refractivity contribution < 1.29 is 0 Å². The molecule has 0 radical (unpaired) electrons. The van der Waals surface area contributed by atoms with Crippen molar-refractivity contribution in [2.24, 2.45) is 0 Å². The van der Waals surface area contributed by atoms with E-state index in [0.29, 0.717) is 6.04 Å². The molecule has 2 aliphatic rings. The Bertz CT molecular complexity index is 761. The first-order valence-corrected chi connectivity index (χ1v) is 8.78. The molecule has 0 spiro atoms. The lowest BCUT2D eigenvalue weighted by molar-refractivity contribution is 0.229. The molecule has 1 unspecified atom stereocenters. The normalized spacial score (nSPS) is 23.1. The smallest absolute Gasteiger partial charge is 0.189 e. The maximum atomic E-state index is 12.4. The van der Waals surface area contributed by atoms with E-state index in [4.69, 9.17) is 0 Å². The molecule has 0 amide bonds. The van der Waals surface area contributed by atoms with Crippen molar-refractivity contribution in [3.63, 3.8) is 0 Å². The van der Waals surface area contributed by atoms with Gasteiger partial charge in [0, 0.05) is 48.3 Å². The van der Waals surface area contributed by atoms with E-state index in [1.54, 1.807) is 6.07 Å². The van der Waals surface area contributed by atoms with Crippen LogP contribution in [0.15, 0.2) is 29.1 Å². The highest BCUT2D eigenvalue weighted by molar-refractivity contribution is 5.79. The van der Waals surface area contributed by atoms with Crippen LogP contribution in [0.5, 0.6) is 0 Å². The fourth-order valence-corrected chi connectivity index (χ4v) is 4.10. The van der Waals surface area contributed by atoms with Gasteiger partial charge in [-0.05, 0) is 51.4 Å². The number of nitrogens with one attached hydrogen (secondary N) is 1. The van der Waals surface area contributed by atoms with Gasteiger partial charge in [-0.25, -0.2) is 0 Å². The molecule has 2 saturated heterocycles. The molecular weight excluding hydrogens is 286 g/mol. The van der Waals surface area contributed by atoms with Crippen molar-refractivity contribution in [3.05, 3.63) is 45.7 Å². The molecule has 1 aromatic heterocycles. The molecular formula is C19H25N3O. The number of pyridine rings is 1. The van der Waals surface area contributed by atoms with Crippen LogP contribution < -0.4 is 5.43 Å². The van der Waals surface area contributed by atoms with Crippen molar-refractivity contribution in [1.82, 2.24) is 14.8 Å². The number of benzene rings is 1. The number of aromatic amines is 1. The minimum atomic E-state index is 0.132. The first-order chi connectivity index (χ1) is 11.2. The van der Waals surface area contributed by atoms with Gasteiger partial charge in [0.05, 0.1) is 0 Å². The third-order valence-electron chi connectivity index (χ3n) is 5.34. The first-order valence-electron chi connectivity index (χ1n) is 8.78. The van der Waals surface area contributed by atoms with Crippen molar-refractivity contribution in [2.75, 3.05) is 26.2 Å². The van der Waals surface area contributed by atoms with Crippen molar-refractivity contribution in [3.8, 4) is 0 Å². The number of aromatic nitrogens is 1. The number of hydrogen-bond donors (Lipinski definition) is 1. The number of aryl methyl sites for hydroxylation is 1. The summed E-state index contributed by atoms with van der Waals surface area (Å²) in [6.07, 6.45) is 3.97. The summed E-state index contributed by atoms with van der Waals surface area (Å²) in [6.45, 7) is 7.68. The molecule has 4 heteroatoms. The Kier molecular flexibility index (Phi) is 3.95. The van der Waals surface area contributed by atoms with Crippen LogP contribution in [0.4, 0.5) is 0 Å². The second-order valence-electron chi connectivity index (χ2n) is 7.13. The molecule has 2 aliphatic heterocycles. The second-order valence-corrected chi connectivity index (χ2v) is 7.13. The largest absolute Gasteiger partial charge is 0.357 e. The van der Waals surface area contributed by atoms with E-state index >= 15 is 0 Å². The van der Waals surface area contributed by atoms with Gasteiger partial charge < -0.3 is 4.98 Å². The number of hydrogen-bond acceptors (Lipinski definition) is 3. The monoisotopic (exact) mass is 311 g/mol. The highest BCUT2D eigenvalue weighted by Gasteiger charge is 2.29. The van der Waals surface area contributed by atoms with E-state index in [-0.39, 0.29) is 5.43 Å². The van der Waals surface area contributed by atoms with E-state index in [1.807, 2.05) is 19.1 Å². The van der Waals surface area contributed by atoms with Crippen LogP contribution in [0.2, 0.25) is 0 Å². The highest BCUT2D eigenvalue weighted by atomic mass is 16.1. The zero-order valence-electron chi connectivity index (χ0n) is 13.8. The average molecular weight is 311 g/mol. The summed E-state index contributed by atoms with van der Waals surface area (Å²) >= 11 is 0. The number of likely N-dealkylation sites (tertiary alicyclic amines) is 2. The molecule has 4 rings (SSSR count). The summed E-state index contributed by atoms with van der Waals surface area (Å²) < 4.78 is 0. The molecule has 0 saturated carbocycles. The third kappa shape index (κ3) is 3.06. The fourth-order valence-electron chi connectivity index (χ4n) is 4.10. The molecule has 1 N–H and O–H groups in total. The third-order valence-corrected chi connectivity index (χ3v) is 5.34. The lowest BCUT2D eigenvalue weighted by atomic mass is 10.1. The van der Waals surface area contributed by atoms with Gasteiger partial charge in [0.2, 0.25) is 0 Å². The molecule has 3 heterocycles. The van der Waals surface area contributed by atoms with Crippen LogP contribution in [0.1, 0.15) is 30.5 Å². The molecule has 2 aromatic rings. The van der Waals surface area contributed by atoms with Gasteiger partial charge in [0.1, 0.15) is 0 Å². The van der Waals surface area contributed by atoms with Gasteiger partial charge in [0.15, 0.2) is 5.43 Å². The summed E-state index contributed by atoms with van der Waals surface area (Å²) in [5.74, 6) is 0. The second kappa shape index (κ2) is 6.10. The van der Waals surface area contributed by atoms with E-state index in [9.17, 15) is 4.79 Å². The van der Waals surface area contributed by atoms with Gasteiger partial charge in [-0.15, -0.1) is 0 Å². The molecule has 23 heavy (non-hydrogen) atoms. The lowest BCUT2D eigenvalue weighted by Crippen LogP contribution is -2.35. The summed E-state index contributed by atoms with van der Waals surface area (Å²) in [5.41, 5.74) is 3.25. The highest BCUT2D eigenvalue weighted by Crippen LogP contribution is 2.21. The van der Waals surface area contributed by atoms with Gasteiger partial charge >= 0.3 is 0 Å². The van der Waals surface area contributed by atoms with Gasteiger partial charge in [-0.1, -0.05) is 11.6 Å². The van der Waals surface area contributed by atoms with E-state index in [1.165, 1.54) is 32.4 Å². The van der Waals surface area contributed by atoms with Crippen LogP contribution in [0.25, 0.3) is 10.9 Å². The minimum absolute atomic E-state index is 0.132. The Morgan fingerprint density at radius 2 is 2.00 bits per heavy atom. The van der Waals surface area contributed by atoms with E-state index in [2.05, 4.69) is 20.9 Å². The van der Waals surface area contributed by atoms with Crippen molar-refractivity contribution >= 4 is 10.9 Å². The Labute approximate surface area is 137 Å². The predicted molar refractivity (Wildman–Crippen MR) is 93.8 cm³/mol. The van der Waals surface area contributed by atoms with Crippen LogP contribution in [0, 0.1) is 6.92 Å². The van der Waals surface area contributed by atoms with Crippen LogP contribution in [-0.2, 0) is 6.54 Å². The lowest BCUT2D eigenvalue weighted by Gasteiger charge is -2.23. The topological polar surface area (TPSA) is 39.3 Å². The summed E-state index contributed by atoms with van der Waals surface area (Å²) in [6, 6.07) is 8.54. The Balaban J connectivity index is 1.50. The van der Waals surface area contributed by atoms with Crippen LogP contribution in [-0.4, -0.2) is 47.0 Å². The number of rotatable bonds is 3. The maximum Gasteiger partial charge on any atom is 0.189 e. The van der Waals surface area contributed by atoms with Crippen molar-refractivity contribution in [1.29, 1.82) is 0 Å². The number of fused-ring (bicyclic) bond motifs is 1. The van der Waals surface area contributed by atoms with Gasteiger partial charge in [0.25, 0.3) is 0 Å². The number of H-pyrrole nitrogens is 1. The minimum Gasteiger partial charge on any atom is -0.357 e. The van der Waals surface area contributed by atoms with Crippen molar-refractivity contribution in [2.45, 2.75) is 38.8 Å². The molecule has 0 aliphatic carbocycles. The first kappa shape index (κ1) is 14.9. The van der Waals surface area contributed by atoms with Gasteiger partial charge in [-0.3, -0.25) is 14.6 Å². The van der Waals surface area contributed by atoms with E-state index in [0.717, 1.165) is 41.8 Å². The Morgan fingerprint density at radius 1 is 1.17 bits per heavy atom. The zero-order chi connectivity index (χ0) is 15.8. The molecule has 1 atom stereocenters. The SMILES string of the molecule is Cc1ccc2[nH]c(CN3CCC(N4CCCC4)C3)cc(=O)c2c1. The fraction of sp³-hybridized carbons (Fsp3) is 0.526. The Morgan fingerprint density at radius 3 is 2.83 bits per heavy atom. The molecule has 2 fully saturated rings. The Hall–Kier alpha value is -1.65. The van der Waals surface area contributed by atoms with E-state index < -0.39 is 0 Å². The van der Waals surface area contributed by atoms with Crippen LogP contribution >= 0.6 is 0 Å². The van der Waals surface area contributed by atoms with Gasteiger partial charge in [-0.2, -0.15) is 0 Å². The maximum absolute atomic E-state index is 12.4. The quantitative estimate of drug-likeness (QED) is 0.947. The summed E-state index contributed by atoms with van der Waals surface area (Å²) in [5, 5.41) is 0.796. The average Bonchev–Trinajstić information content (AvgIpc) is 3.19. The molecule has 122 valence electrons. The number of nitrogens with zero attached hydrogens (tertiary/aromatic N) is 2. The standard InChI is InChI=1S/C19H25N3O/c1-14-4-5-18-17(10-14)19(23)11-15(20-18)12-21-9-6-16(13-21)22-7-2-3-8-22/h4-5,10-11,16H,2-3,6-9,12-13H2,1H3,(H,20,23). The summed E-state index contributed by atoms with van der Waals surface area (Å²) in [4.78, 5) is 20.9. The zero-order valence-corrected chi connectivity index (χ0v) is 13.8. The summed E-state index contributed by atoms with van der Waals surface area (Å²) in [7, 11) is 0. The predicted octanol–water partition coefficient (Wildman–Crippen LogP) is 2.51. The molecule has 1 aromatic carbocycles. The molecule has 0 bridgehead atoms.